The second-order valence-corrected chi connectivity index (χ2v) is 5.40. The number of nitrogens with zero attached hydrogens (tertiary/aromatic N) is 2. The molecule has 1 N–H and O–H groups in total. The van der Waals surface area contributed by atoms with Crippen LogP contribution in [0.5, 0.6) is 5.75 Å². The van der Waals surface area contributed by atoms with Gasteiger partial charge in [0.1, 0.15) is 5.75 Å². The molecule has 0 spiro atoms. The first kappa shape index (κ1) is 15.7. The number of aryl methyl sites for hydroxylation is 1. The standard InChI is InChI=1S/C17H27N3O/c1-4-18-17(20-10-6-7-11-20)19-13-15-8-9-16(21-5-2)14(3)12-15/h8-9,12H,4-7,10-11,13H2,1-3H3,(H,18,19). The minimum absolute atomic E-state index is 0.706. The first-order valence-electron chi connectivity index (χ1n) is 8.00. The van der Waals surface area contributed by atoms with Crippen molar-refractivity contribution in [3.05, 3.63) is 29.3 Å². The van der Waals surface area contributed by atoms with Gasteiger partial charge in [-0.3, -0.25) is 0 Å². The maximum atomic E-state index is 5.58. The van der Waals surface area contributed by atoms with Gasteiger partial charge in [0.15, 0.2) is 5.96 Å². The predicted molar refractivity (Wildman–Crippen MR) is 88.0 cm³/mol. The largest absolute Gasteiger partial charge is 0.494 e. The molecule has 4 nitrogen and oxygen atoms in total. The smallest absolute Gasteiger partial charge is 0.194 e. The number of hydrogen-bond donors (Lipinski definition) is 1. The lowest BCUT2D eigenvalue weighted by atomic mass is 10.1. The van der Waals surface area contributed by atoms with E-state index in [-0.39, 0.29) is 0 Å². The van der Waals surface area contributed by atoms with E-state index in [1.807, 2.05) is 13.0 Å². The van der Waals surface area contributed by atoms with Crippen molar-refractivity contribution in [2.75, 3.05) is 26.2 Å². The summed E-state index contributed by atoms with van der Waals surface area (Å²) in [5.41, 5.74) is 2.40. The van der Waals surface area contributed by atoms with Crippen LogP contribution < -0.4 is 10.1 Å². The lowest BCUT2D eigenvalue weighted by Gasteiger charge is -2.20. The van der Waals surface area contributed by atoms with E-state index in [1.54, 1.807) is 0 Å². The van der Waals surface area contributed by atoms with Gasteiger partial charge in [-0.1, -0.05) is 12.1 Å². The van der Waals surface area contributed by atoms with E-state index < -0.39 is 0 Å². The van der Waals surface area contributed by atoms with Crippen molar-refractivity contribution in [2.45, 2.75) is 40.2 Å². The molecular weight excluding hydrogens is 262 g/mol. The minimum atomic E-state index is 0.706. The van der Waals surface area contributed by atoms with Gasteiger partial charge in [-0.05, 0) is 50.8 Å². The Hall–Kier alpha value is -1.71. The summed E-state index contributed by atoms with van der Waals surface area (Å²) in [5.74, 6) is 2.01. The van der Waals surface area contributed by atoms with Crippen LogP contribution >= 0.6 is 0 Å². The molecule has 0 aliphatic carbocycles. The van der Waals surface area contributed by atoms with Gasteiger partial charge in [-0.25, -0.2) is 4.99 Å². The Kier molecular flexibility index (Phi) is 5.90. The van der Waals surface area contributed by atoms with E-state index in [0.29, 0.717) is 13.2 Å². The van der Waals surface area contributed by atoms with Gasteiger partial charge in [0.05, 0.1) is 13.2 Å². The summed E-state index contributed by atoms with van der Waals surface area (Å²) in [5, 5.41) is 3.39. The molecule has 0 amide bonds. The fourth-order valence-electron chi connectivity index (χ4n) is 2.65. The molecule has 116 valence electrons. The van der Waals surface area contributed by atoms with E-state index in [0.717, 1.165) is 31.3 Å². The van der Waals surface area contributed by atoms with Crippen molar-refractivity contribution in [1.82, 2.24) is 10.2 Å². The predicted octanol–water partition coefficient (Wildman–Crippen LogP) is 2.96. The molecule has 1 saturated heterocycles. The summed E-state index contributed by atoms with van der Waals surface area (Å²) in [6.07, 6.45) is 2.54. The summed E-state index contributed by atoms with van der Waals surface area (Å²) in [4.78, 5) is 7.13. The average molecular weight is 289 g/mol. The Morgan fingerprint density at radius 1 is 1.29 bits per heavy atom. The summed E-state index contributed by atoms with van der Waals surface area (Å²) in [7, 11) is 0. The molecule has 0 aromatic heterocycles. The van der Waals surface area contributed by atoms with E-state index >= 15 is 0 Å². The molecule has 1 aromatic carbocycles. The van der Waals surface area contributed by atoms with Gasteiger partial charge in [0.2, 0.25) is 0 Å². The highest BCUT2D eigenvalue weighted by atomic mass is 16.5. The SMILES string of the molecule is CCNC(=NCc1ccc(OCC)c(C)c1)N1CCCC1. The number of rotatable bonds is 5. The topological polar surface area (TPSA) is 36.9 Å². The van der Waals surface area contributed by atoms with E-state index in [9.17, 15) is 0 Å². The van der Waals surface area contributed by atoms with Gasteiger partial charge >= 0.3 is 0 Å². The van der Waals surface area contributed by atoms with Crippen LogP contribution in [0.4, 0.5) is 0 Å². The Morgan fingerprint density at radius 3 is 2.67 bits per heavy atom. The van der Waals surface area contributed by atoms with Crippen LogP contribution in [0.3, 0.4) is 0 Å². The van der Waals surface area contributed by atoms with Crippen LogP contribution in [0.25, 0.3) is 0 Å². The Bertz CT molecular complexity index is 479. The molecule has 1 aliphatic heterocycles. The zero-order valence-corrected chi connectivity index (χ0v) is 13.5. The third kappa shape index (κ3) is 4.38. The molecule has 1 fully saturated rings. The number of aliphatic imine (C=N–C) groups is 1. The fourth-order valence-corrected chi connectivity index (χ4v) is 2.65. The number of ether oxygens (including phenoxy) is 1. The van der Waals surface area contributed by atoms with Crippen LogP contribution in [0.2, 0.25) is 0 Å². The minimum Gasteiger partial charge on any atom is -0.494 e. The zero-order chi connectivity index (χ0) is 15.1. The first-order chi connectivity index (χ1) is 10.2. The molecule has 0 bridgehead atoms. The first-order valence-corrected chi connectivity index (χ1v) is 8.00. The summed E-state index contributed by atoms with van der Waals surface area (Å²) < 4.78 is 5.58. The molecule has 21 heavy (non-hydrogen) atoms. The molecule has 1 aromatic rings. The number of guanidine groups is 1. The molecule has 0 unspecified atom stereocenters. The maximum Gasteiger partial charge on any atom is 0.194 e. The Morgan fingerprint density at radius 2 is 2.05 bits per heavy atom. The maximum absolute atomic E-state index is 5.58. The van der Waals surface area contributed by atoms with Crippen LogP contribution in [0.15, 0.2) is 23.2 Å². The van der Waals surface area contributed by atoms with E-state index in [1.165, 1.54) is 24.0 Å². The molecule has 1 heterocycles. The van der Waals surface area contributed by atoms with Crippen molar-refractivity contribution in [1.29, 1.82) is 0 Å². The van der Waals surface area contributed by atoms with Crippen molar-refractivity contribution >= 4 is 5.96 Å². The molecular formula is C17H27N3O. The molecule has 1 aliphatic rings. The highest BCUT2D eigenvalue weighted by Gasteiger charge is 2.15. The summed E-state index contributed by atoms with van der Waals surface area (Å²) in [6, 6.07) is 6.32. The van der Waals surface area contributed by atoms with Crippen LogP contribution in [0.1, 0.15) is 37.8 Å². The van der Waals surface area contributed by atoms with E-state index in [4.69, 9.17) is 9.73 Å². The van der Waals surface area contributed by atoms with Crippen molar-refractivity contribution in [3.63, 3.8) is 0 Å². The lowest BCUT2D eigenvalue weighted by molar-refractivity contribution is 0.338. The molecule has 0 saturated carbocycles. The van der Waals surface area contributed by atoms with Gasteiger partial charge in [-0.2, -0.15) is 0 Å². The van der Waals surface area contributed by atoms with Crippen molar-refractivity contribution in [3.8, 4) is 5.75 Å². The number of likely N-dealkylation sites (tertiary alicyclic amines) is 1. The van der Waals surface area contributed by atoms with Gasteiger partial charge in [0.25, 0.3) is 0 Å². The fraction of sp³-hybridized carbons (Fsp3) is 0.588. The summed E-state index contributed by atoms with van der Waals surface area (Å²) in [6.45, 7) is 10.8. The quantitative estimate of drug-likeness (QED) is 0.669. The molecule has 0 atom stereocenters. The third-order valence-corrected chi connectivity index (χ3v) is 3.69. The third-order valence-electron chi connectivity index (χ3n) is 3.69. The molecule has 2 rings (SSSR count). The second kappa shape index (κ2) is 7.91. The van der Waals surface area contributed by atoms with Gasteiger partial charge in [-0.15, -0.1) is 0 Å². The zero-order valence-electron chi connectivity index (χ0n) is 13.5. The average Bonchev–Trinajstić information content (AvgIpc) is 3.00. The molecule has 0 radical (unpaired) electrons. The number of nitrogens with one attached hydrogen (secondary N) is 1. The van der Waals surface area contributed by atoms with E-state index in [2.05, 4.69) is 36.2 Å². The van der Waals surface area contributed by atoms with Crippen molar-refractivity contribution < 1.29 is 4.74 Å². The summed E-state index contributed by atoms with van der Waals surface area (Å²) >= 11 is 0. The van der Waals surface area contributed by atoms with Gasteiger partial charge < -0.3 is 15.0 Å². The van der Waals surface area contributed by atoms with Crippen LogP contribution in [-0.4, -0.2) is 37.1 Å². The normalized spacial score (nSPS) is 15.4. The number of hydrogen-bond acceptors (Lipinski definition) is 2. The van der Waals surface area contributed by atoms with Gasteiger partial charge in [0, 0.05) is 19.6 Å². The monoisotopic (exact) mass is 289 g/mol. The highest BCUT2D eigenvalue weighted by molar-refractivity contribution is 5.80. The Balaban J connectivity index is 2.04. The molecule has 4 heteroatoms. The van der Waals surface area contributed by atoms with Crippen LogP contribution in [-0.2, 0) is 6.54 Å². The highest BCUT2D eigenvalue weighted by Crippen LogP contribution is 2.19. The number of benzene rings is 1. The Labute approximate surface area is 128 Å². The van der Waals surface area contributed by atoms with Crippen molar-refractivity contribution in [2.24, 2.45) is 4.99 Å². The lowest BCUT2D eigenvalue weighted by Crippen LogP contribution is -2.39. The second-order valence-electron chi connectivity index (χ2n) is 5.40. The van der Waals surface area contributed by atoms with Crippen LogP contribution in [0, 0.1) is 6.92 Å².